The molecule has 0 spiro atoms. The van der Waals surface area contributed by atoms with Crippen molar-refractivity contribution in [1.29, 1.82) is 0 Å². The number of fused-ring (bicyclic) bond motifs is 3. The van der Waals surface area contributed by atoms with Crippen LogP contribution in [-0.4, -0.2) is 116 Å². The zero-order valence-electron chi connectivity index (χ0n) is 52.8. The SMILES string of the molecule is C.C.C.CCc1ccc(OC)c(S(=O)(=O)Nc2noc3cccc(-c4cnn(C)c4)c23)c1.CCc1ccc(OC)c(S(=O)(=O)Nc2noc3cccc(-c4cnn(C)c4)c23)c1.CCc1ccc(OC)c(S(=O)(=O)Nc2noc3cccc(Br)c23)c1.Cn1cc(B(O)O)cn1.[2H]C[B].[HH]. The van der Waals surface area contributed by atoms with E-state index in [-0.39, 0.29) is 79.9 Å². The van der Waals surface area contributed by atoms with Crippen LogP contribution in [-0.2, 0) is 70.5 Å². The Kier molecular flexibility index (Phi) is 26.6. The lowest BCUT2D eigenvalue weighted by Gasteiger charge is -2.12. The molecule has 32 heteroatoms. The Morgan fingerprint density at radius 2 is 0.854 bits per heavy atom. The maximum atomic E-state index is 13.2. The number of ether oxygens (including phenoxy) is 3. The van der Waals surface area contributed by atoms with Crippen LogP contribution >= 0.6 is 15.9 Å². The fourth-order valence-corrected chi connectivity index (χ4v) is 13.5. The summed E-state index contributed by atoms with van der Waals surface area (Å²) < 4.78 is 129. The van der Waals surface area contributed by atoms with E-state index in [1.165, 1.54) is 32.2 Å². The fourth-order valence-electron chi connectivity index (χ4n) is 9.32. The molecule has 6 aromatic heterocycles. The van der Waals surface area contributed by atoms with E-state index in [1.807, 2.05) is 89.7 Å². The Morgan fingerprint density at radius 1 is 0.531 bits per heavy atom. The second-order valence-electron chi connectivity index (χ2n) is 20.0. The molecule has 0 fully saturated rings. The molecule has 0 bridgehead atoms. The summed E-state index contributed by atoms with van der Waals surface area (Å²) in [7, 11) is 0.947. The second-order valence-corrected chi connectivity index (χ2v) is 25.8. The number of methoxy groups -OCH3 is 3. The van der Waals surface area contributed by atoms with Crippen molar-refractivity contribution in [3.8, 4) is 39.5 Å². The Labute approximate surface area is 571 Å². The van der Waals surface area contributed by atoms with Gasteiger partial charge in [-0.3, -0.25) is 28.2 Å². The van der Waals surface area contributed by atoms with Gasteiger partial charge in [-0.1, -0.05) is 114 Å². The summed E-state index contributed by atoms with van der Waals surface area (Å²) in [4.78, 5) is 0.163. The van der Waals surface area contributed by atoms with Crippen LogP contribution < -0.4 is 33.8 Å². The summed E-state index contributed by atoms with van der Waals surface area (Å²) in [6.07, 6.45) is 12.2. The maximum absolute atomic E-state index is 13.2. The summed E-state index contributed by atoms with van der Waals surface area (Å²) in [5, 5.41) is 42.6. The lowest BCUT2D eigenvalue weighted by molar-refractivity contribution is 0.402. The largest absolute Gasteiger partial charge is 0.495 e. The van der Waals surface area contributed by atoms with Crippen molar-refractivity contribution < 1.29 is 65.9 Å². The van der Waals surface area contributed by atoms with Gasteiger partial charge in [0.2, 0.25) is 0 Å². The topological polar surface area (TPSA) is 338 Å². The highest BCUT2D eigenvalue weighted by Gasteiger charge is 2.28. The van der Waals surface area contributed by atoms with Gasteiger partial charge in [0, 0.05) is 69.8 Å². The first-order valence-corrected chi connectivity index (χ1v) is 33.4. The van der Waals surface area contributed by atoms with Gasteiger partial charge in [0.1, 0.15) is 31.9 Å². The Bertz CT molecular complexity index is 4750. The van der Waals surface area contributed by atoms with Crippen molar-refractivity contribution in [2.24, 2.45) is 21.1 Å². The molecule has 26 nitrogen and oxygen atoms in total. The van der Waals surface area contributed by atoms with Crippen LogP contribution in [0.5, 0.6) is 17.2 Å². The van der Waals surface area contributed by atoms with Gasteiger partial charge in [-0.15, -0.1) is 0 Å². The average Bonchev–Trinajstić information content (AvgIpc) is 1.12. The van der Waals surface area contributed by atoms with E-state index in [1.54, 1.807) is 102 Å². The van der Waals surface area contributed by atoms with Crippen LogP contribution in [0.1, 0.15) is 62.5 Å². The van der Waals surface area contributed by atoms with Gasteiger partial charge >= 0.3 is 7.12 Å². The molecule has 0 saturated heterocycles. The number of anilines is 3. The van der Waals surface area contributed by atoms with Gasteiger partial charge < -0.3 is 37.8 Å². The minimum atomic E-state index is -3.96. The van der Waals surface area contributed by atoms with Crippen molar-refractivity contribution in [3.63, 3.8) is 0 Å². The van der Waals surface area contributed by atoms with E-state index in [4.69, 9.17) is 39.2 Å². The summed E-state index contributed by atoms with van der Waals surface area (Å²) in [6.45, 7) is 5.86. The van der Waals surface area contributed by atoms with Crippen LogP contribution in [0.2, 0.25) is 6.80 Å². The molecule has 96 heavy (non-hydrogen) atoms. The second kappa shape index (κ2) is 33.8. The summed E-state index contributed by atoms with van der Waals surface area (Å²) in [5.41, 5.74) is 7.68. The highest BCUT2D eigenvalue weighted by molar-refractivity contribution is 9.10. The Morgan fingerprint density at radius 3 is 1.15 bits per heavy atom. The standard InChI is InChI=1S/2C20H20N4O4S.C16H15BrN2O4S.C4H7BN2O2.CH3B.3CH4.H2/c2*1-4-13-8-9-16(27-3)18(10-13)29(25,26)23-20-19-15(14-11-21-24(2)12-14)6-5-7-17(19)28-22-20;1-3-10-7-8-12(22-2)14(9-10)24(20,21)19-16-15-11(17)5-4-6-13(15)23-18-16;1-7-3-4(2-6-7)5(8)9;1-2;;;;/h2*5-12H,4H2,1-3H3,(H,22,23);4-9H,3H2,1-2H3,(H,18,19);2-3,8-9H,1H3;1H3;3*1H4;1H/i;;;;1D;;;;. The molecule has 12 aromatic rings. The van der Waals surface area contributed by atoms with Crippen LogP contribution in [0.3, 0.4) is 0 Å². The first-order valence-electron chi connectivity index (χ1n) is 28.9. The molecule has 5 N–H and O–H groups in total. The number of hydrogen-bond acceptors (Lipinski definition) is 20. The highest BCUT2D eigenvalue weighted by atomic mass is 79.9. The van der Waals surface area contributed by atoms with Crippen molar-refractivity contribution in [1.82, 2.24) is 44.8 Å². The van der Waals surface area contributed by atoms with E-state index >= 15 is 0 Å². The number of halogens is 1. The molecule has 0 amide bonds. The van der Waals surface area contributed by atoms with Gasteiger partial charge in [0.15, 0.2) is 34.2 Å². The minimum Gasteiger partial charge on any atom is -0.495 e. The lowest BCUT2D eigenvalue weighted by Crippen LogP contribution is -2.28. The Hall–Kier alpha value is -9.46. The van der Waals surface area contributed by atoms with E-state index < -0.39 is 37.2 Å². The number of benzene rings is 6. The normalized spacial score (nSPS) is 11.1. The zero-order chi connectivity index (χ0) is 68.1. The Balaban J connectivity index is 0.000000283. The van der Waals surface area contributed by atoms with Crippen molar-refractivity contribution in [2.45, 2.75) is 83.8 Å². The number of hydrogen-bond donors (Lipinski definition) is 5. The smallest absolute Gasteiger partial charge is 0.491 e. The molecule has 6 heterocycles. The van der Waals surface area contributed by atoms with E-state index in [0.29, 0.717) is 62.1 Å². The van der Waals surface area contributed by atoms with Gasteiger partial charge in [0.25, 0.3) is 30.1 Å². The number of rotatable bonds is 18. The molecule has 0 atom stereocenters. The number of aryl methyl sites for hydroxylation is 6. The number of nitrogens with zero attached hydrogens (tertiary/aromatic N) is 9. The monoisotopic (exact) mass is 1440 g/mol. The quantitative estimate of drug-likeness (QED) is 0.0498. The summed E-state index contributed by atoms with van der Waals surface area (Å²) in [5.74, 6) is 1.14. The van der Waals surface area contributed by atoms with Crippen molar-refractivity contribution in [3.05, 3.63) is 168 Å². The molecule has 0 unspecified atom stereocenters. The molecule has 6 aromatic carbocycles. The predicted molar refractivity (Wildman–Crippen MR) is 381 cm³/mol. The van der Waals surface area contributed by atoms with Crippen molar-refractivity contribution in [2.75, 3.05) is 35.5 Å². The summed E-state index contributed by atoms with van der Waals surface area (Å²) in [6, 6.07) is 31.4. The molecular formula is C64H79B2BrN12O14S3. The first kappa shape index (κ1) is 75.6. The number of nitrogens with one attached hydrogen (secondary N) is 3. The van der Waals surface area contributed by atoms with Crippen LogP contribution in [0.25, 0.3) is 55.2 Å². The third-order valence-corrected chi connectivity index (χ3v) is 18.7. The molecular weight excluding hydrogens is 1360 g/mol. The molecule has 0 aliphatic heterocycles. The zero-order valence-corrected chi connectivity index (χ0v) is 55.8. The van der Waals surface area contributed by atoms with Crippen LogP contribution in [0.4, 0.5) is 17.5 Å². The average molecular weight is 1440 g/mol. The molecule has 12 rings (SSSR count). The number of aromatic nitrogens is 9. The minimum absolute atomic E-state index is 0. The van der Waals surface area contributed by atoms with Gasteiger partial charge in [-0.05, 0) is 124 Å². The third kappa shape index (κ3) is 17.7. The maximum Gasteiger partial charge on any atom is 0.491 e. The summed E-state index contributed by atoms with van der Waals surface area (Å²) >= 11 is 3.38. The fraction of sp³-hybridized carbons (Fsp3) is 0.250. The third-order valence-electron chi connectivity index (χ3n) is 14.0. The van der Waals surface area contributed by atoms with E-state index in [0.717, 1.165) is 38.9 Å². The molecule has 0 aliphatic rings. The lowest BCUT2D eigenvalue weighted by atomic mass is 9.83. The molecule has 510 valence electrons. The van der Waals surface area contributed by atoms with Crippen LogP contribution in [0, 0.1) is 0 Å². The predicted octanol–water partition coefficient (Wildman–Crippen LogP) is 11.6. The first-order chi connectivity index (χ1) is 44.9. The number of sulfonamides is 3. The van der Waals surface area contributed by atoms with E-state index in [9.17, 15) is 25.3 Å². The van der Waals surface area contributed by atoms with Crippen LogP contribution in [0.15, 0.2) is 179 Å². The van der Waals surface area contributed by atoms with Gasteiger partial charge in [-0.25, -0.2) is 25.3 Å². The highest BCUT2D eigenvalue weighted by Crippen LogP contribution is 2.39. The van der Waals surface area contributed by atoms with Gasteiger partial charge in [-0.2, -0.15) is 15.3 Å². The van der Waals surface area contributed by atoms with Gasteiger partial charge in [0.05, 0.1) is 57.7 Å². The molecule has 0 aliphatic carbocycles. The molecule has 2 radical (unpaired) electrons. The van der Waals surface area contributed by atoms with Crippen molar-refractivity contribution >= 4 is 117 Å². The molecule has 0 saturated carbocycles. The van der Waals surface area contributed by atoms with E-state index in [2.05, 4.69) is 68.7 Å².